The Kier molecular flexibility index (Phi) is 5.47. The van der Waals surface area contributed by atoms with Gasteiger partial charge in [0.2, 0.25) is 5.91 Å². The Hall–Kier alpha value is -1.50. The second kappa shape index (κ2) is 7.73. The van der Waals surface area contributed by atoms with Gasteiger partial charge in [-0.25, -0.2) is 8.42 Å². The minimum Gasteiger partial charge on any atom is -0.403 e. The van der Waals surface area contributed by atoms with E-state index in [-0.39, 0.29) is 22.7 Å². The van der Waals surface area contributed by atoms with Crippen molar-refractivity contribution in [2.45, 2.75) is 23.1 Å². The molecule has 0 saturated carbocycles. The summed E-state index contributed by atoms with van der Waals surface area (Å²) < 4.78 is 33.2. The molecule has 1 unspecified atom stereocenters. The highest BCUT2D eigenvalue weighted by Gasteiger charge is 2.40. The van der Waals surface area contributed by atoms with Crippen LogP contribution in [-0.4, -0.2) is 41.4 Å². The van der Waals surface area contributed by atoms with Gasteiger partial charge in [-0.2, -0.15) is 4.31 Å². The molecule has 1 fully saturated rings. The summed E-state index contributed by atoms with van der Waals surface area (Å²) in [6.45, 7) is 0.274. The number of sulfonamides is 1. The molecule has 3 aromatic rings. The van der Waals surface area contributed by atoms with Crippen LogP contribution < -0.4 is 5.32 Å². The van der Waals surface area contributed by atoms with Gasteiger partial charge in [0.1, 0.15) is 14.6 Å². The van der Waals surface area contributed by atoms with Crippen molar-refractivity contribution in [3.63, 3.8) is 0 Å². The normalized spacial score (nSPS) is 17.9. The maximum atomic E-state index is 12.8. The Morgan fingerprint density at radius 3 is 2.86 bits per heavy atom. The van der Waals surface area contributed by atoms with Crippen molar-refractivity contribution in [3.05, 3.63) is 32.3 Å². The van der Waals surface area contributed by atoms with Crippen molar-refractivity contribution in [2.24, 2.45) is 0 Å². The summed E-state index contributed by atoms with van der Waals surface area (Å²) in [6.07, 6.45) is 0.990. The van der Waals surface area contributed by atoms with E-state index < -0.39 is 22.0 Å². The third kappa shape index (κ3) is 3.70. The summed E-state index contributed by atoms with van der Waals surface area (Å²) in [7, 11) is -3.73. The van der Waals surface area contributed by atoms with Crippen molar-refractivity contribution in [3.8, 4) is 11.5 Å². The number of anilines is 1. The topological polar surface area (TPSA) is 105 Å². The SMILES string of the molecule is O=C(Nc1nnc(-c2cc(Cl)sc2Cl)o1)C1CCCN1S(=O)(=O)c1cccs1. The van der Waals surface area contributed by atoms with Gasteiger partial charge < -0.3 is 4.42 Å². The zero-order valence-corrected chi connectivity index (χ0v) is 17.9. The fourth-order valence-electron chi connectivity index (χ4n) is 2.87. The van der Waals surface area contributed by atoms with E-state index in [0.29, 0.717) is 27.1 Å². The van der Waals surface area contributed by atoms with Gasteiger partial charge in [0.15, 0.2) is 0 Å². The van der Waals surface area contributed by atoms with E-state index in [1.54, 1.807) is 17.5 Å². The van der Waals surface area contributed by atoms with Gasteiger partial charge in [-0.3, -0.25) is 10.1 Å². The maximum Gasteiger partial charge on any atom is 0.322 e. The molecule has 148 valence electrons. The quantitative estimate of drug-likeness (QED) is 0.594. The Balaban J connectivity index is 1.51. The third-order valence-electron chi connectivity index (χ3n) is 4.11. The highest BCUT2D eigenvalue weighted by Crippen LogP contribution is 2.38. The summed E-state index contributed by atoms with van der Waals surface area (Å²) in [5.41, 5.74) is 0.465. The molecule has 4 heterocycles. The molecule has 1 N–H and O–H groups in total. The largest absolute Gasteiger partial charge is 0.403 e. The van der Waals surface area contributed by atoms with E-state index in [1.807, 2.05) is 0 Å². The molecule has 0 aromatic carbocycles. The Bertz CT molecular complexity index is 1110. The first kappa shape index (κ1) is 19.8. The van der Waals surface area contributed by atoms with Gasteiger partial charge in [-0.1, -0.05) is 34.4 Å². The van der Waals surface area contributed by atoms with Crippen molar-refractivity contribution in [1.29, 1.82) is 0 Å². The summed E-state index contributed by atoms with van der Waals surface area (Å²) >= 11 is 14.2. The molecule has 4 rings (SSSR count). The first-order valence-electron chi connectivity index (χ1n) is 8.01. The zero-order valence-electron chi connectivity index (χ0n) is 14.0. The zero-order chi connectivity index (χ0) is 19.9. The number of amides is 1. The van der Waals surface area contributed by atoms with Crippen molar-refractivity contribution in [1.82, 2.24) is 14.5 Å². The van der Waals surface area contributed by atoms with Crippen LogP contribution in [0.5, 0.6) is 0 Å². The fourth-order valence-corrected chi connectivity index (χ4v) is 7.10. The monoisotopic (exact) mass is 478 g/mol. The predicted octanol–water partition coefficient (Wildman–Crippen LogP) is 3.96. The van der Waals surface area contributed by atoms with Crippen molar-refractivity contribution in [2.75, 3.05) is 11.9 Å². The fraction of sp³-hybridized carbons (Fsp3) is 0.267. The van der Waals surface area contributed by atoms with Gasteiger partial charge >= 0.3 is 6.01 Å². The van der Waals surface area contributed by atoms with E-state index in [2.05, 4.69) is 15.5 Å². The molecule has 0 radical (unpaired) electrons. The molecule has 1 aliphatic heterocycles. The van der Waals surface area contributed by atoms with Crippen LogP contribution in [0.15, 0.2) is 32.2 Å². The Morgan fingerprint density at radius 2 is 2.18 bits per heavy atom. The van der Waals surface area contributed by atoms with E-state index in [1.165, 1.54) is 10.4 Å². The highest BCUT2D eigenvalue weighted by atomic mass is 35.5. The lowest BCUT2D eigenvalue weighted by Crippen LogP contribution is -2.42. The lowest BCUT2D eigenvalue weighted by atomic mass is 10.2. The number of thiophene rings is 2. The summed E-state index contributed by atoms with van der Waals surface area (Å²) in [5.74, 6) is -0.416. The molecule has 28 heavy (non-hydrogen) atoms. The molecule has 1 saturated heterocycles. The smallest absolute Gasteiger partial charge is 0.322 e. The molecule has 8 nitrogen and oxygen atoms in total. The summed E-state index contributed by atoms with van der Waals surface area (Å²) in [4.78, 5) is 12.7. The maximum absolute atomic E-state index is 12.8. The lowest BCUT2D eigenvalue weighted by molar-refractivity contribution is -0.119. The van der Waals surface area contributed by atoms with Crippen molar-refractivity contribution < 1.29 is 17.6 Å². The second-order valence-electron chi connectivity index (χ2n) is 5.85. The number of carbonyl (C=O) groups is 1. The molecule has 1 atom stereocenters. The van der Waals surface area contributed by atoms with E-state index in [9.17, 15) is 13.2 Å². The molecule has 1 aliphatic rings. The molecular formula is C15H12Cl2N4O4S3. The average Bonchev–Trinajstić information content (AvgIpc) is 3.42. The molecule has 0 bridgehead atoms. The second-order valence-corrected chi connectivity index (χ2v) is 11.2. The number of halogens is 2. The van der Waals surface area contributed by atoms with Gasteiger partial charge in [0.05, 0.1) is 9.90 Å². The minimum atomic E-state index is -3.73. The van der Waals surface area contributed by atoms with Crippen LogP contribution in [0, 0.1) is 0 Å². The van der Waals surface area contributed by atoms with E-state index in [0.717, 1.165) is 22.7 Å². The average molecular weight is 479 g/mol. The first-order valence-corrected chi connectivity index (χ1v) is 11.9. The van der Waals surface area contributed by atoms with Crippen LogP contribution >= 0.6 is 45.9 Å². The van der Waals surface area contributed by atoms with E-state index in [4.69, 9.17) is 27.6 Å². The van der Waals surface area contributed by atoms with Crippen LogP contribution in [0.1, 0.15) is 12.8 Å². The Labute approximate surface area is 178 Å². The number of nitrogens with zero attached hydrogens (tertiary/aromatic N) is 3. The molecule has 3 aromatic heterocycles. The number of carbonyl (C=O) groups excluding carboxylic acids is 1. The number of hydrogen-bond acceptors (Lipinski definition) is 8. The van der Waals surface area contributed by atoms with Crippen molar-refractivity contribution >= 4 is 67.8 Å². The van der Waals surface area contributed by atoms with Crippen LogP contribution in [0.3, 0.4) is 0 Å². The summed E-state index contributed by atoms with van der Waals surface area (Å²) in [6, 6.07) is 3.78. The molecular weight excluding hydrogens is 467 g/mol. The number of nitrogens with one attached hydrogen (secondary N) is 1. The van der Waals surface area contributed by atoms with Crippen LogP contribution in [0.25, 0.3) is 11.5 Å². The van der Waals surface area contributed by atoms with Gasteiger partial charge in [-0.15, -0.1) is 27.8 Å². The third-order valence-corrected chi connectivity index (χ3v) is 8.88. The molecule has 0 aliphatic carbocycles. The molecule has 1 amide bonds. The van der Waals surface area contributed by atoms with Crippen LogP contribution in [0.4, 0.5) is 6.01 Å². The number of hydrogen-bond donors (Lipinski definition) is 1. The molecule has 13 heteroatoms. The van der Waals surface area contributed by atoms with Crippen LogP contribution in [-0.2, 0) is 14.8 Å². The molecule has 0 spiro atoms. The van der Waals surface area contributed by atoms with E-state index >= 15 is 0 Å². The van der Waals surface area contributed by atoms with Gasteiger partial charge in [0.25, 0.3) is 15.9 Å². The predicted molar refractivity (Wildman–Crippen MR) is 107 cm³/mol. The lowest BCUT2D eigenvalue weighted by Gasteiger charge is -2.21. The van der Waals surface area contributed by atoms with Gasteiger partial charge in [0, 0.05) is 6.54 Å². The number of aromatic nitrogens is 2. The van der Waals surface area contributed by atoms with Gasteiger partial charge in [-0.05, 0) is 30.4 Å². The van der Waals surface area contributed by atoms with Crippen LogP contribution in [0.2, 0.25) is 8.67 Å². The summed E-state index contributed by atoms with van der Waals surface area (Å²) in [5, 5.41) is 11.8. The first-order chi connectivity index (χ1) is 13.4. The standard InChI is InChI=1S/C15H12Cl2N4O4S3/c16-10-7-8(12(17)27-10)14-19-20-15(25-14)18-13(22)9-3-1-5-21(9)28(23,24)11-4-2-6-26-11/h2,4,6-7,9H,1,3,5H2,(H,18,20,22). The number of rotatable bonds is 5. The Morgan fingerprint density at radius 1 is 1.36 bits per heavy atom. The highest BCUT2D eigenvalue weighted by molar-refractivity contribution is 7.91. The minimum absolute atomic E-state index is 0.109.